The predicted molar refractivity (Wildman–Crippen MR) is 99.5 cm³/mol. The molecule has 1 aliphatic heterocycles. The Bertz CT molecular complexity index is 954. The molecule has 0 saturated carbocycles. The van der Waals surface area contributed by atoms with Crippen molar-refractivity contribution in [2.75, 3.05) is 13.7 Å². The summed E-state index contributed by atoms with van der Waals surface area (Å²) in [5.41, 5.74) is 1.71. The number of aromatic nitrogens is 4. The van der Waals surface area contributed by atoms with Crippen molar-refractivity contribution in [1.29, 1.82) is 0 Å². The van der Waals surface area contributed by atoms with E-state index in [9.17, 15) is 4.79 Å². The van der Waals surface area contributed by atoms with Crippen molar-refractivity contribution in [3.8, 4) is 5.88 Å². The maximum Gasteiger partial charge on any atom is 0.254 e. The Morgan fingerprint density at radius 2 is 2.04 bits per heavy atom. The summed E-state index contributed by atoms with van der Waals surface area (Å²) in [4.78, 5) is 23.9. The fourth-order valence-corrected chi connectivity index (χ4v) is 3.48. The number of rotatable bonds is 4. The lowest BCUT2D eigenvalue weighted by Crippen LogP contribution is -2.43. The number of methoxy groups -OCH3 is 1. The van der Waals surface area contributed by atoms with E-state index < -0.39 is 0 Å². The number of amides is 1. The molecule has 27 heavy (non-hydrogen) atoms. The molecule has 0 bridgehead atoms. The molecule has 138 valence electrons. The van der Waals surface area contributed by atoms with Gasteiger partial charge >= 0.3 is 0 Å². The number of carbonyl (C=O) groups excluding carboxylic acids is 1. The quantitative estimate of drug-likeness (QED) is 0.712. The zero-order valence-corrected chi connectivity index (χ0v) is 15.4. The summed E-state index contributed by atoms with van der Waals surface area (Å²) in [7, 11) is 1.54. The van der Waals surface area contributed by atoms with E-state index in [1.807, 2.05) is 34.7 Å². The van der Waals surface area contributed by atoms with Crippen molar-refractivity contribution in [1.82, 2.24) is 24.6 Å². The van der Waals surface area contributed by atoms with E-state index in [4.69, 9.17) is 4.74 Å². The molecule has 1 amide bonds. The van der Waals surface area contributed by atoms with Crippen molar-refractivity contribution in [3.05, 3.63) is 71.4 Å². The summed E-state index contributed by atoms with van der Waals surface area (Å²) in [6, 6.07) is 13.4. The molecule has 7 nitrogen and oxygen atoms in total. The molecule has 2 aromatic heterocycles. The average molecular weight is 363 g/mol. The van der Waals surface area contributed by atoms with Gasteiger partial charge in [-0.1, -0.05) is 30.3 Å². The molecule has 1 aliphatic rings. The summed E-state index contributed by atoms with van der Waals surface area (Å²) >= 11 is 0. The minimum absolute atomic E-state index is 0.0523. The van der Waals surface area contributed by atoms with Gasteiger partial charge in [-0.25, -0.2) is 14.6 Å². The van der Waals surface area contributed by atoms with Crippen molar-refractivity contribution >= 4 is 5.91 Å². The van der Waals surface area contributed by atoms with E-state index in [2.05, 4.69) is 27.2 Å². The monoisotopic (exact) mass is 363 g/mol. The van der Waals surface area contributed by atoms with Gasteiger partial charge in [-0.05, 0) is 18.6 Å². The van der Waals surface area contributed by atoms with Crippen LogP contribution in [0.4, 0.5) is 0 Å². The molecule has 7 heteroatoms. The van der Waals surface area contributed by atoms with Gasteiger partial charge in [0.05, 0.1) is 19.7 Å². The lowest BCUT2D eigenvalue weighted by molar-refractivity contribution is 0.0607. The normalized spacial score (nSPS) is 16.1. The molecule has 3 aromatic rings. The maximum atomic E-state index is 13.3. The molecule has 0 fully saturated rings. The van der Waals surface area contributed by atoms with E-state index in [1.54, 1.807) is 25.4 Å². The molecular formula is C20H21N5O2. The lowest BCUT2D eigenvalue weighted by atomic mass is 10.0. The van der Waals surface area contributed by atoms with E-state index in [1.165, 1.54) is 0 Å². The number of fused-ring (bicyclic) bond motifs is 1. The number of hydrogen-bond acceptors (Lipinski definition) is 5. The van der Waals surface area contributed by atoms with E-state index in [-0.39, 0.29) is 11.9 Å². The second-order valence-electron chi connectivity index (χ2n) is 6.53. The molecule has 0 aliphatic carbocycles. The van der Waals surface area contributed by atoms with Crippen LogP contribution in [-0.4, -0.2) is 44.2 Å². The Labute approximate surface area is 157 Å². The number of benzene rings is 1. The largest absolute Gasteiger partial charge is 0.481 e. The fraction of sp³-hybridized carbons (Fsp3) is 0.300. The maximum absolute atomic E-state index is 13.3. The smallest absolute Gasteiger partial charge is 0.254 e. The van der Waals surface area contributed by atoms with Gasteiger partial charge in [0.15, 0.2) is 0 Å². The van der Waals surface area contributed by atoms with Crippen LogP contribution in [0.2, 0.25) is 0 Å². The minimum Gasteiger partial charge on any atom is -0.481 e. The summed E-state index contributed by atoms with van der Waals surface area (Å²) in [5.74, 6) is 1.93. The first kappa shape index (κ1) is 17.2. The van der Waals surface area contributed by atoms with Gasteiger partial charge in [0.25, 0.3) is 5.91 Å². The number of carbonyl (C=O) groups is 1. The van der Waals surface area contributed by atoms with Gasteiger partial charge in [0.1, 0.15) is 11.6 Å². The highest BCUT2D eigenvalue weighted by Crippen LogP contribution is 2.29. The van der Waals surface area contributed by atoms with Crippen LogP contribution >= 0.6 is 0 Å². The first-order valence-corrected chi connectivity index (χ1v) is 8.92. The van der Waals surface area contributed by atoms with Crippen LogP contribution in [0, 0.1) is 6.92 Å². The van der Waals surface area contributed by atoms with E-state index in [0.29, 0.717) is 31.0 Å². The van der Waals surface area contributed by atoms with Gasteiger partial charge in [-0.15, -0.1) is 0 Å². The first-order valence-electron chi connectivity index (χ1n) is 8.92. The van der Waals surface area contributed by atoms with Gasteiger partial charge in [0.2, 0.25) is 5.88 Å². The highest BCUT2D eigenvalue weighted by Gasteiger charge is 2.34. The van der Waals surface area contributed by atoms with Crippen LogP contribution in [0.15, 0.2) is 48.7 Å². The summed E-state index contributed by atoms with van der Waals surface area (Å²) < 4.78 is 7.08. The zero-order valence-electron chi connectivity index (χ0n) is 15.4. The molecule has 0 unspecified atom stereocenters. The van der Waals surface area contributed by atoms with Crippen LogP contribution < -0.4 is 4.74 Å². The van der Waals surface area contributed by atoms with Gasteiger partial charge in [-0.3, -0.25) is 4.79 Å². The second kappa shape index (κ2) is 7.19. The molecule has 0 saturated heterocycles. The standard InChI is InChI=1S/C20H21N5O2/c1-14-22-19-17(12-15-6-4-3-5-7-15)24(10-11-25(19)23-14)20(26)16-8-9-21-18(13-16)27-2/h3-9,13,17H,10-12H2,1-2H3/t17-/m0/s1. The molecule has 3 heterocycles. The van der Waals surface area contributed by atoms with Crippen LogP contribution in [-0.2, 0) is 13.0 Å². The molecule has 4 rings (SSSR count). The summed E-state index contributed by atoms with van der Waals surface area (Å²) in [6.07, 6.45) is 2.28. The topological polar surface area (TPSA) is 73.1 Å². The van der Waals surface area contributed by atoms with Gasteiger partial charge in [-0.2, -0.15) is 5.10 Å². The van der Waals surface area contributed by atoms with Crippen LogP contribution in [0.3, 0.4) is 0 Å². The third-order valence-electron chi connectivity index (χ3n) is 4.76. The molecule has 0 N–H and O–H groups in total. The highest BCUT2D eigenvalue weighted by atomic mass is 16.5. The van der Waals surface area contributed by atoms with Crippen molar-refractivity contribution in [3.63, 3.8) is 0 Å². The fourth-order valence-electron chi connectivity index (χ4n) is 3.48. The number of aryl methyl sites for hydroxylation is 1. The third kappa shape index (κ3) is 3.40. The summed E-state index contributed by atoms with van der Waals surface area (Å²) in [5, 5.41) is 4.47. The SMILES string of the molecule is COc1cc(C(=O)N2CCn3nc(C)nc3[C@@H]2Cc2ccccc2)ccn1. The Morgan fingerprint density at radius 3 is 2.81 bits per heavy atom. The lowest BCUT2D eigenvalue weighted by Gasteiger charge is -2.35. The van der Waals surface area contributed by atoms with Gasteiger partial charge in [0, 0.05) is 30.8 Å². The highest BCUT2D eigenvalue weighted by molar-refractivity contribution is 5.94. The van der Waals surface area contributed by atoms with Crippen molar-refractivity contribution < 1.29 is 9.53 Å². The molecule has 1 atom stereocenters. The van der Waals surface area contributed by atoms with Crippen LogP contribution in [0.25, 0.3) is 0 Å². The van der Waals surface area contributed by atoms with E-state index in [0.717, 1.165) is 17.2 Å². The third-order valence-corrected chi connectivity index (χ3v) is 4.76. The van der Waals surface area contributed by atoms with Crippen LogP contribution in [0.1, 0.15) is 33.6 Å². The zero-order chi connectivity index (χ0) is 18.8. The number of hydrogen-bond donors (Lipinski definition) is 0. The van der Waals surface area contributed by atoms with Crippen molar-refractivity contribution in [2.24, 2.45) is 0 Å². The van der Waals surface area contributed by atoms with Gasteiger partial charge < -0.3 is 9.64 Å². The first-order chi connectivity index (χ1) is 13.2. The summed E-state index contributed by atoms with van der Waals surface area (Å²) in [6.45, 7) is 3.09. The van der Waals surface area contributed by atoms with E-state index >= 15 is 0 Å². The Kier molecular flexibility index (Phi) is 4.58. The van der Waals surface area contributed by atoms with Crippen LogP contribution in [0.5, 0.6) is 5.88 Å². The molecule has 0 radical (unpaired) electrons. The van der Waals surface area contributed by atoms with Crippen molar-refractivity contribution in [2.45, 2.75) is 25.9 Å². The predicted octanol–water partition coefficient (Wildman–Crippen LogP) is 2.43. The second-order valence-corrected chi connectivity index (χ2v) is 6.53. The number of pyridine rings is 1. The molecule has 1 aromatic carbocycles. The molecule has 0 spiro atoms. The number of ether oxygens (including phenoxy) is 1. The number of nitrogens with zero attached hydrogens (tertiary/aromatic N) is 5. The Morgan fingerprint density at radius 1 is 1.22 bits per heavy atom. The Hall–Kier alpha value is -3.22. The minimum atomic E-state index is -0.172. The average Bonchev–Trinajstić information content (AvgIpc) is 3.09. The molecular weight excluding hydrogens is 342 g/mol. The Balaban J connectivity index is 1.70.